The summed E-state index contributed by atoms with van der Waals surface area (Å²) in [6.07, 6.45) is 6.52. The topological polar surface area (TPSA) is 46.2 Å². The van der Waals surface area contributed by atoms with E-state index in [2.05, 4.69) is 12.2 Å². The Morgan fingerprint density at radius 3 is 2.54 bits per heavy atom. The van der Waals surface area contributed by atoms with E-state index >= 15 is 0 Å². The van der Waals surface area contributed by atoms with Crippen LogP contribution in [0.15, 0.2) is 24.3 Å². The SMILES string of the molecule is C[C@H](NC(=O)CCCC(=O)c1ccc(F)cc1)[C@@H]1C[C@H]2CC[C@H]1C2. The number of fused-ring (bicyclic) bond motifs is 2. The van der Waals surface area contributed by atoms with Crippen LogP contribution in [0.1, 0.15) is 62.2 Å². The molecule has 0 heterocycles. The molecule has 1 amide bonds. The second kappa shape index (κ2) is 7.45. The monoisotopic (exact) mass is 331 g/mol. The summed E-state index contributed by atoms with van der Waals surface area (Å²) in [5.74, 6) is 1.97. The van der Waals surface area contributed by atoms with E-state index in [9.17, 15) is 14.0 Å². The van der Waals surface area contributed by atoms with E-state index in [0.29, 0.717) is 30.7 Å². The Balaban J connectivity index is 1.38. The van der Waals surface area contributed by atoms with Crippen LogP contribution in [0, 0.1) is 23.6 Å². The van der Waals surface area contributed by atoms with Crippen LogP contribution in [0.3, 0.4) is 0 Å². The van der Waals surface area contributed by atoms with Gasteiger partial charge in [-0.25, -0.2) is 4.39 Å². The number of hydrogen-bond donors (Lipinski definition) is 1. The van der Waals surface area contributed by atoms with Gasteiger partial charge in [-0.3, -0.25) is 9.59 Å². The normalized spacial score (nSPS) is 26.3. The van der Waals surface area contributed by atoms with Crippen molar-refractivity contribution in [2.45, 2.75) is 57.9 Å². The lowest BCUT2D eigenvalue weighted by molar-refractivity contribution is -0.122. The first kappa shape index (κ1) is 17.1. The van der Waals surface area contributed by atoms with Crippen LogP contribution < -0.4 is 5.32 Å². The summed E-state index contributed by atoms with van der Waals surface area (Å²) in [6.45, 7) is 2.12. The van der Waals surface area contributed by atoms with Gasteiger partial charge in [0.05, 0.1) is 0 Å². The van der Waals surface area contributed by atoms with Gasteiger partial charge < -0.3 is 5.32 Å². The number of carbonyl (C=O) groups is 2. The standard InChI is InChI=1S/C20H26FNO2/c1-13(18-12-14-5-6-16(18)11-14)22-20(24)4-2-3-19(23)15-7-9-17(21)10-8-15/h7-10,13-14,16,18H,2-6,11-12H2,1H3,(H,22,24)/t13-,14-,16-,18-/m0/s1. The summed E-state index contributed by atoms with van der Waals surface area (Å²) in [6, 6.07) is 5.80. The molecule has 24 heavy (non-hydrogen) atoms. The maximum Gasteiger partial charge on any atom is 0.220 e. The molecule has 0 aliphatic heterocycles. The molecule has 4 heteroatoms. The zero-order chi connectivity index (χ0) is 17.1. The highest BCUT2D eigenvalue weighted by molar-refractivity contribution is 5.96. The number of benzene rings is 1. The molecule has 0 aromatic heterocycles. The number of rotatable bonds is 7. The van der Waals surface area contributed by atoms with Crippen LogP contribution in [0.4, 0.5) is 4.39 Å². The summed E-state index contributed by atoms with van der Waals surface area (Å²) < 4.78 is 12.8. The largest absolute Gasteiger partial charge is 0.353 e. The molecule has 0 spiro atoms. The van der Waals surface area contributed by atoms with E-state index < -0.39 is 0 Å². The van der Waals surface area contributed by atoms with Crippen LogP contribution in [-0.2, 0) is 4.79 Å². The Morgan fingerprint density at radius 1 is 1.17 bits per heavy atom. The molecule has 2 aliphatic carbocycles. The van der Waals surface area contributed by atoms with Crippen molar-refractivity contribution >= 4 is 11.7 Å². The van der Waals surface area contributed by atoms with Gasteiger partial charge >= 0.3 is 0 Å². The highest BCUT2D eigenvalue weighted by Crippen LogP contribution is 2.49. The molecule has 2 fully saturated rings. The van der Waals surface area contributed by atoms with Gasteiger partial charge in [0.25, 0.3) is 0 Å². The van der Waals surface area contributed by atoms with Crippen LogP contribution >= 0.6 is 0 Å². The third kappa shape index (κ3) is 4.03. The summed E-state index contributed by atoms with van der Waals surface area (Å²) in [4.78, 5) is 24.1. The number of ketones is 1. The highest BCUT2D eigenvalue weighted by atomic mass is 19.1. The van der Waals surface area contributed by atoms with E-state index in [-0.39, 0.29) is 23.5 Å². The number of hydrogen-bond acceptors (Lipinski definition) is 2. The minimum atomic E-state index is -0.347. The molecule has 130 valence electrons. The third-order valence-corrected chi connectivity index (χ3v) is 5.80. The van der Waals surface area contributed by atoms with Crippen molar-refractivity contribution in [3.05, 3.63) is 35.6 Å². The predicted molar refractivity (Wildman–Crippen MR) is 91.1 cm³/mol. The maximum absolute atomic E-state index is 12.8. The first-order valence-corrected chi connectivity index (χ1v) is 9.11. The van der Waals surface area contributed by atoms with Gasteiger partial charge in [0, 0.05) is 24.4 Å². The Kier molecular flexibility index (Phi) is 5.32. The number of nitrogens with one attached hydrogen (secondary N) is 1. The lowest BCUT2D eigenvalue weighted by Gasteiger charge is -2.28. The zero-order valence-corrected chi connectivity index (χ0v) is 14.3. The molecular formula is C20H26FNO2. The van der Waals surface area contributed by atoms with Crippen molar-refractivity contribution in [1.29, 1.82) is 0 Å². The number of Topliss-reactive ketones (excluding diaryl/α,β-unsaturated/α-hetero) is 1. The molecular weight excluding hydrogens is 305 g/mol. The minimum absolute atomic E-state index is 0.0380. The molecule has 1 aromatic carbocycles. The quantitative estimate of drug-likeness (QED) is 0.764. The summed E-state index contributed by atoms with van der Waals surface area (Å²) in [5.41, 5.74) is 0.507. The van der Waals surface area contributed by atoms with Gasteiger partial charge in [-0.15, -0.1) is 0 Å². The van der Waals surface area contributed by atoms with Crippen LogP contribution in [0.25, 0.3) is 0 Å². The summed E-state index contributed by atoms with van der Waals surface area (Å²) in [5, 5.41) is 3.13. The van der Waals surface area contributed by atoms with Crippen molar-refractivity contribution in [1.82, 2.24) is 5.32 Å². The Labute approximate surface area is 143 Å². The van der Waals surface area contributed by atoms with Crippen molar-refractivity contribution < 1.29 is 14.0 Å². The summed E-state index contributed by atoms with van der Waals surface area (Å²) >= 11 is 0. The maximum atomic E-state index is 12.8. The van der Waals surface area contributed by atoms with E-state index in [0.717, 1.165) is 11.8 Å². The molecule has 3 nitrogen and oxygen atoms in total. The molecule has 2 aliphatic rings. The van der Waals surface area contributed by atoms with E-state index in [4.69, 9.17) is 0 Å². The Morgan fingerprint density at radius 2 is 1.92 bits per heavy atom. The first-order chi connectivity index (χ1) is 11.5. The van der Waals surface area contributed by atoms with Gasteiger partial charge in [-0.1, -0.05) is 6.42 Å². The summed E-state index contributed by atoms with van der Waals surface area (Å²) in [7, 11) is 0. The number of amides is 1. The highest BCUT2D eigenvalue weighted by Gasteiger charge is 2.42. The first-order valence-electron chi connectivity index (χ1n) is 9.11. The van der Waals surface area contributed by atoms with Crippen molar-refractivity contribution in [3.63, 3.8) is 0 Å². The van der Waals surface area contributed by atoms with Crippen molar-refractivity contribution in [3.8, 4) is 0 Å². The molecule has 0 unspecified atom stereocenters. The second-order valence-corrected chi connectivity index (χ2v) is 7.48. The molecule has 1 aromatic rings. The van der Waals surface area contributed by atoms with E-state index in [1.807, 2.05) is 0 Å². The van der Waals surface area contributed by atoms with Crippen LogP contribution in [-0.4, -0.2) is 17.7 Å². The molecule has 4 atom stereocenters. The fraction of sp³-hybridized carbons (Fsp3) is 0.600. The van der Waals surface area contributed by atoms with E-state index in [1.54, 1.807) is 0 Å². The fourth-order valence-corrected chi connectivity index (χ4v) is 4.53. The van der Waals surface area contributed by atoms with Crippen molar-refractivity contribution in [2.75, 3.05) is 0 Å². The van der Waals surface area contributed by atoms with Gasteiger partial charge in [-0.05, 0) is 74.6 Å². The average molecular weight is 331 g/mol. The molecule has 0 saturated heterocycles. The van der Waals surface area contributed by atoms with E-state index in [1.165, 1.54) is 49.9 Å². The minimum Gasteiger partial charge on any atom is -0.353 e. The number of halogens is 1. The number of carbonyl (C=O) groups excluding carboxylic acids is 2. The predicted octanol–water partition coefficient (Wildman–Crippen LogP) is 4.12. The smallest absolute Gasteiger partial charge is 0.220 e. The molecule has 1 N–H and O–H groups in total. The molecule has 2 saturated carbocycles. The second-order valence-electron chi connectivity index (χ2n) is 7.48. The fourth-order valence-electron chi connectivity index (χ4n) is 4.53. The molecule has 2 bridgehead atoms. The molecule has 0 radical (unpaired) electrons. The van der Waals surface area contributed by atoms with Gasteiger partial charge in [-0.2, -0.15) is 0 Å². The lowest BCUT2D eigenvalue weighted by Crippen LogP contribution is -2.40. The lowest BCUT2D eigenvalue weighted by atomic mass is 9.84. The third-order valence-electron chi connectivity index (χ3n) is 5.80. The van der Waals surface area contributed by atoms with Gasteiger partial charge in [0.15, 0.2) is 5.78 Å². The average Bonchev–Trinajstić information content (AvgIpc) is 3.18. The van der Waals surface area contributed by atoms with Crippen molar-refractivity contribution in [2.24, 2.45) is 17.8 Å². The van der Waals surface area contributed by atoms with Gasteiger partial charge in [0.1, 0.15) is 5.82 Å². The van der Waals surface area contributed by atoms with Crippen LogP contribution in [0.5, 0.6) is 0 Å². The Bertz CT molecular complexity index is 598. The van der Waals surface area contributed by atoms with Crippen LogP contribution in [0.2, 0.25) is 0 Å². The molecule has 3 rings (SSSR count). The Hall–Kier alpha value is -1.71. The van der Waals surface area contributed by atoms with Gasteiger partial charge in [0.2, 0.25) is 5.91 Å². The zero-order valence-electron chi connectivity index (χ0n) is 14.3.